The molecular weight excluding hydrogens is 540 g/mol. The number of ether oxygens (including phenoxy) is 1. The van der Waals surface area contributed by atoms with Crippen LogP contribution in [-0.4, -0.2) is 41.2 Å². The molecule has 0 aliphatic heterocycles. The topological polar surface area (TPSA) is 117 Å². The normalized spacial score (nSPS) is 11.1. The molecule has 216 valence electrons. The van der Waals surface area contributed by atoms with E-state index in [1.165, 1.54) is 16.3 Å². The van der Waals surface area contributed by atoms with Crippen molar-refractivity contribution < 1.29 is 9.53 Å². The molecule has 0 saturated heterocycles. The minimum atomic E-state index is -0.488. The van der Waals surface area contributed by atoms with Gasteiger partial charge in [-0.1, -0.05) is 55.4 Å². The van der Waals surface area contributed by atoms with Gasteiger partial charge in [0.05, 0.1) is 35.5 Å². The Morgan fingerprint density at radius 3 is 2.32 bits per heavy atom. The van der Waals surface area contributed by atoms with E-state index in [2.05, 4.69) is 9.55 Å². The number of carbonyl (C=O) groups excluding carboxylic acids is 1. The summed E-state index contributed by atoms with van der Waals surface area (Å²) >= 11 is 1.49. The SMILES string of the molecule is CC.CCOC(=O)c1ccc2c(c1)nc(SCc1nc3c(c(=O)[nH]c(=O)n3Cc3ccc(C)cc3)n1CC)n2CC. The van der Waals surface area contributed by atoms with Crippen molar-refractivity contribution in [3.05, 3.63) is 85.8 Å². The Balaban J connectivity index is 0.00000189. The summed E-state index contributed by atoms with van der Waals surface area (Å²) < 4.78 is 10.6. The summed E-state index contributed by atoms with van der Waals surface area (Å²) in [7, 11) is 0. The van der Waals surface area contributed by atoms with Crippen LogP contribution in [0.4, 0.5) is 0 Å². The highest BCUT2D eigenvalue weighted by Crippen LogP contribution is 2.28. The van der Waals surface area contributed by atoms with Crippen LogP contribution < -0.4 is 11.2 Å². The average Bonchev–Trinajstić information content (AvgIpc) is 3.53. The number of hydrogen-bond acceptors (Lipinski definition) is 7. The number of hydrogen-bond donors (Lipinski definition) is 1. The van der Waals surface area contributed by atoms with Gasteiger partial charge >= 0.3 is 11.7 Å². The van der Waals surface area contributed by atoms with E-state index in [4.69, 9.17) is 14.7 Å². The van der Waals surface area contributed by atoms with E-state index >= 15 is 0 Å². The molecule has 0 radical (unpaired) electrons. The molecule has 2 aromatic carbocycles. The zero-order chi connectivity index (χ0) is 29.7. The number of benzene rings is 2. The van der Waals surface area contributed by atoms with Crippen molar-refractivity contribution in [2.45, 2.75) is 72.1 Å². The third kappa shape index (κ3) is 6.00. The van der Waals surface area contributed by atoms with Gasteiger partial charge in [-0.05, 0) is 51.5 Å². The minimum Gasteiger partial charge on any atom is -0.462 e. The van der Waals surface area contributed by atoms with Crippen LogP contribution in [0.1, 0.15) is 61.9 Å². The van der Waals surface area contributed by atoms with E-state index in [9.17, 15) is 14.4 Å². The van der Waals surface area contributed by atoms with Crippen LogP contribution in [0.5, 0.6) is 0 Å². The highest BCUT2D eigenvalue weighted by Gasteiger charge is 2.20. The van der Waals surface area contributed by atoms with Crippen LogP contribution in [0, 0.1) is 6.92 Å². The molecule has 0 aliphatic carbocycles. The lowest BCUT2D eigenvalue weighted by atomic mass is 10.1. The van der Waals surface area contributed by atoms with Gasteiger partial charge in [-0.15, -0.1) is 0 Å². The summed E-state index contributed by atoms with van der Waals surface area (Å²) in [6, 6.07) is 13.3. The number of aromatic nitrogens is 6. The van der Waals surface area contributed by atoms with Gasteiger partial charge < -0.3 is 13.9 Å². The Labute approximate surface area is 242 Å². The molecule has 0 amide bonds. The molecule has 5 rings (SSSR count). The van der Waals surface area contributed by atoms with Crippen molar-refractivity contribution >= 4 is 39.9 Å². The van der Waals surface area contributed by atoms with Crippen molar-refractivity contribution in [3.63, 3.8) is 0 Å². The number of nitrogens with zero attached hydrogens (tertiary/aromatic N) is 5. The zero-order valence-electron chi connectivity index (χ0n) is 24.4. The van der Waals surface area contributed by atoms with E-state index < -0.39 is 11.2 Å². The van der Waals surface area contributed by atoms with E-state index in [1.807, 2.05) is 69.5 Å². The summed E-state index contributed by atoms with van der Waals surface area (Å²) in [6.45, 7) is 13.6. The molecular formula is C30H36N6O4S. The number of imidazole rings is 2. The average molecular weight is 577 g/mol. The van der Waals surface area contributed by atoms with Crippen LogP contribution in [0.3, 0.4) is 0 Å². The maximum absolute atomic E-state index is 12.9. The van der Waals surface area contributed by atoms with Gasteiger partial charge in [-0.25, -0.2) is 19.6 Å². The number of carbonyl (C=O) groups is 1. The predicted octanol–water partition coefficient (Wildman–Crippen LogP) is 5.13. The van der Waals surface area contributed by atoms with E-state index in [0.717, 1.165) is 21.8 Å². The van der Waals surface area contributed by atoms with Crippen LogP contribution in [-0.2, 0) is 30.1 Å². The third-order valence-corrected chi connectivity index (χ3v) is 7.59. The predicted molar refractivity (Wildman–Crippen MR) is 163 cm³/mol. The van der Waals surface area contributed by atoms with Crippen molar-refractivity contribution in [2.24, 2.45) is 0 Å². The fraction of sp³-hybridized carbons (Fsp3) is 0.367. The first-order valence-electron chi connectivity index (χ1n) is 13.9. The molecule has 0 saturated carbocycles. The second-order valence-corrected chi connectivity index (χ2v) is 10.1. The van der Waals surface area contributed by atoms with Gasteiger partial charge in [0.2, 0.25) is 0 Å². The first kappa shape index (κ1) is 29.9. The molecule has 11 heteroatoms. The molecule has 41 heavy (non-hydrogen) atoms. The summed E-state index contributed by atoms with van der Waals surface area (Å²) in [5.74, 6) is 0.737. The number of nitrogens with one attached hydrogen (secondary N) is 1. The number of aryl methyl sites for hydroxylation is 3. The van der Waals surface area contributed by atoms with Gasteiger partial charge in [0.15, 0.2) is 16.3 Å². The summed E-state index contributed by atoms with van der Waals surface area (Å²) in [5.41, 5.74) is 3.95. The second kappa shape index (κ2) is 13.0. The molecule has 10 nitrogen and oxygen atoms in total. The molecule has 3 aromatic heterocycles. The van der Waals surface area contributed by atoms with Crippen LogP contribution >= 0.6 is 11.8 Å². The van der Waals surface area contributed by atoms with Crippen LogP contribution in [0.2, 0.25) is 0 Å². The van der Waals surface area contributed by atoms with E-state index in [0.29, 0.717) is 60.1 Å². The quantitative estimate of drug-likeness (QED) is 0.191. The fourth-order valence-corrected chi connectivity index (χ4v) is 5.71. The Bertz CT molecular complexity index is 1800. The maximum atomic E-state index is 12.9. The van der Waals surface area contributed by atoms with Gasteiger partial charge in [-0.2, -0.15) is 0 Å². The summed E-state index contributed by atoms with van der Waals surface area (Å²) in [4.78, 5) is 49.9. The second-order valence-electron chi connectivity index (χ2n) is 9.13. The van der Waals surface area contributed by atoms with Crippen molar-refractivity contribution in [3.8, 4) is 0 Å². The summed E-state index contributed by atoms with van der Waals surface area (Å²) in [5, 5.41) is 0.772. The maximum Gasteiger partial charge on any atom is 0.338 e. The Morgan fingerprint density at radius 1 is 0.951 bits per heavy atom. The Morgan fingerprint density at radius 2 is 1.66 bits per heavy atom. The Hall–Kier alpha value is -4.12. The van der Waals surface area contributed by atoms with Gasteiger partial charge in [-0.3, -0.25) is 14.3 Å². The van der Waals surface area contributed by atoms with Crippen molar-refractivity contribution in [1.29, 1.82) is 0 Å². The highest BCUT2D eigenvalue weighted by atomic mass is 32.2. The number of fused-ring (bicyclic) bond motifs is 2. The molecule has 1 N–H and O–H groups in total. The monoisotopic (exact) mass is 576 g/mol. The lowest BCUT2D eigenvalue weighted by Gasteiger charge is -2.08. The van der Waals surface area contributed by atoms with Gasteiger partial charge in [0.1, 0.15) is 5.82 Å². The molecule has 0 unspecified atom stereocenters. The summed E-state index contributed by atoms with van der Waals surface area (Å²) in [6.07, 6.45) is 0. The zero-order valence-corrected chi connectivity index (χ0v) is 25.2. The fourth-order valence-electron chi connectivity index (χ4n) is 4.69. The van der Waals surface area contributed by atoms with E-state index in [-0.39, 0.29) is 5.97 Å². The van der Waals surface area contributed by atoms with Crippen molar-refractivity contribution in [2.75, 3.05) is 6.61 Å². The van der Waals surface area contributed by atoms with Crippen LogP contribution in [0.25, 0.3) is 22.2 Å². The molecule has 0 atom stereocenters. The molecule has 3 heterocycles. The number of rotatable bonds is 9. The number of esters is 1. The number of H-pyrrole nitrogens is 1. The molecule has 0 fully saturated rings. The van der Waals surface area contributed by atoms with Gasteiger partial charge in [0, 0.05) is 13.1 Å². The van der Waals surface area contributed by atoms with Crippen molar-refractivity contribution in [1.82, 2.24) is 28.7 Å². The highest BCUT2D eigenvalue weighted by molar-refractivity contribution is 7.98. The number of thioether (sulfide) groups is 1. The smallest absolute Gasteiger partial charge is 0.338 e. The number of aromatic amines is 1. The molecule has 5 aromatic rings. The minimum absolute atomic E-state index is 0.300. The van der Waals surface area contributed by atoms with Gasteiger partial charge in [0.25, 0.3) is 5.56 Å². The lowest BCUT2D eigenvalue weighted by molar-refractivity contribution is 0.0526. The Kier molecular flexibility index (Phi) is 9.49. The largest absolute Gasteiger partial charge is 0.462 e. The third-order valence-electron chi connectivity index (χ3n) is 6.61. The standard InChI is InChI=1S/C28H30N6O4S.C2H6/c1-5-32-21-13-12-19(26(36)38-7-3)14-20(21)29-28(32)39-16-22-30-24-23(33(22)6-2)25(35)31-27(37)34(24)15-18-10-8-17(4)9-11-18;1-2/h8-14H,5-7,15-16H2,1-4H3,(H,31,35,37);1-2H3. The first-order chi connectivity index (χ1) is 19.8. The van der Waals surface area contributed by atoms with Crippen LogP contribution in [0.15, 0.2) is 57.2 Å². The van der Waals surface area contributed by atoms with E-state index in [1.54, 1.807) is 19.1 Å². The molecule has 0 spiro atoms. The lowest BCUT2D eigenvalue weighted by Crippen LogP contribution is -2.31. The molecule has 0 bridgehead atoms. The molecule has 0 aliphatic rings. The first-order valence-corrected chi connectivity index (χ1v) is 14.9.